The van der Waals surface area contributed by atoms with Crippen molar-refractivity contribution in [3.63, 3.8) is 0 Å². The topological polar surface area (TPSA) is 77.8 Å². The van der Waals surface area contributed by atoms with E-state index >= 15 is 0 Å². The van der Waals surface area contributed by atoms with Gasteiger partial charge in [0.2, 0.25) is 0 Å². The number of rotatable bonds is 3. The van der Waals surface area contributed by atoms with E-state index in [4.69, 9.17) is 5.11 Å². The second-order valence-corrected chi connectivity index (χ2v) is 4.37. The van der Waals surface area contributed by atoms with Crippen LogP contribution in [0.1, 0.15) is 34.3 Å². The van der Waals surface area contributed by atoms with Crippen LogP contribution in [0.25, 0.3) is 0 Å². The van der Waals surface area contributed by atoms with Crippen LogP contribution < -0.4 is 0 Å². The van der Waals surface area contributed by atoms with Crippen molar-refractivity contribution < 1.29 is 20.1 Å². The number of carboxylic acid groups (broad SMARTS) is 1. The largest absolute Gasteiger partial charge is 0.508 e. The van der Waals surface area contributed by atoms with E-state index in [0.29, 0.717) is 5.56 Å². The number of aromatic carboxylic acids is 1. The van der Waals surface area contributed by atoms with Gasteiger partial charge in [-0.3, -0.25) is 0 Å². The number of aromatic hydroxyl groups is 2. The zero-order valence-electron chi connectivity index (χ0n) is 10.4. The first kappa shape index (κ1) is 13.0. The van der Waals surface area contributed by atoms with Gasteiger partial charge in [0.15, 0.2) is 0 Å². The summed E-state index contributed by atoms with van der Waals surface area (Å²) in [7, 11) is 0. The molecule has 0 amide bonds. The molecule has 0 saturated heterocycles. The summed E-state index contributed by atoms with van der Waals surface area (Å²) in [4.78, 5) is 11.0. The maximum absolute atomic E-state index is 11.0. The summed E-state index contributed by atoms with van der Waals surface area (Å²) in [5, 5.41) is 28.4. The molecule has 3 N–H and O–H groups in total. The Bertz CT molecular complexity index is 605. The van der Waals surface area contributed by atoms with Gasteiger partial charge in [0.1, 0.15) is 17.1 Å². The monoisotopic (exact) mass is 258 g/mol. The zero-order chi connectivity index (χ0) is 14.0. The summed E-state index contributed by atoms with van der Waals surface area (Å²) in [6, 6.07) is 11.8. The maximum atomic E-state index is 11.0. The molecule has 4 nitrogen and oxygen atoms in total. The minimum absolute atomic E-state index is 0.112. The van der Waals surface area contributed by atoms with E-state index in [-0.39, 0.29) is 17.2 Å². The number of carboxylic acids is 1. The molecule has 2 aromatic carbocycles. The van der Waals surface area contributed by atoms with Crippen molar-refractivity contribution in [2.24, 2.45) is 0 Å². The Morgan fingerprint density at radius 2 is 1.68 bits per heavy atom. The highest BCUT2D eigenvalue weighted by Gasteiger charge is 2.18. The molecule has 0 aromatic heterocycles. The lowest BCUT2D eigenvalue weighted by Gasteiger charge is -2.15. The Balaban J connectivity index is 2.50. The Morgan fingerprint density at radius 1 is 1.05 bits per heavy atom. The molecule has 0 fully saturated rings. The molecule has 4 heteroatoms. The van der Waals surface area contributed by atoms with Gasteiger partial charge in [-0.1, -0.05) is 37.3 Å². The number of benzene rings is 2. The third-order valence-electron chi connectivity index (χ3n) is 3.14. The van der Waals surface area contributed by atoms with Crippen LogP contribution in [-0.2, 0) is 0 Å². The molecule has 0 aliphatic heterocycles. The van der Waals surface area contributed by atoms with Crippen molar-refractivity contribution in [3.8, 4) is 11.5 Å². The van der Waals surface area contributed by atoms with E-state index < -0.39 is 11.7 Å². The van der Waals surface area contributed by atoms with Crippen LogP contribution in [0, 0.1) is 0 Å². The summed E-state index contributed by atoms with van der Waals surface area (Å²) in [5.74, 6) is -1.94. The third-order valence-corrected chi connectivity index (χ3v) is 3.14. The quantitative estimate of drug-likeness (QED) is 0.791. The molecule has 0 aliphatic carbocycles. The molecule has 0 bridgehead atoms. The van der Waals surface area contributed by atoms with Gasteiger partial charge in [-0.2, -0.15) is 0 Å². The van der Waals surface area contributed by atoms with Gasteiger partial charge >= 0.3 is 5.97 Å². The van der Waals surface area contributed by atoms with Gasteiger partial charge in [-0.25, -0.2) is 4.79 Å². The maximum Gasteiger partial charge on any atom is 0.339 e. The SMILES string of the molecule is CC(c1ccccc1)c1cc(C(=O)O)c(O)cc1O. The fourth-order valence-corrected chi connectivity index (χ4v) is 2.03. The fourth-order valence-electron chi connectivity index (χ4n) is 2.03. The van der Waals surface area contributed by atoms with Gasteiger partial charge in [0.05, 0.1) is 0 Å². The number of hydrogen-bond donors (Lipinski definition) is 3. The summed E-state index contributed by atoms with van der Waals surface area (Å²) in [6.45, 7) is 1.87. The molecular formula is C15H14O4. The molecule has 1 atom stereocenters. The van der Waals surface area contributed by atoms with Crippen molar-refractivity contribution in [3.05, 3.63) is 59.2 Å². The van der Waals surface area contributed by atoms with Crippen LogP contribution in [0.5, 0.6) is 11.5 Å². The van der Waals surface area contributed by atoms with E-state index in [9.17, 15) is 15.0 Å². The smallest absolute Gasteiger partial charge is 0.339 e. The van der Waals surface area contributed by atoms with Crippen LogP contribution in [-0.4, -0.2) is 21.3 Å². The molecule has 0 radical (unpaired) electrons. The second-order valence-electron chi connectivity index (χ2n) is 4.37. The van der Waals surface area contributed by atoms with E-state index in [0.717, 1.165) is 11.6 Å². The van der Waals surface area contributed by atoms with Crippen molar-refractivity contribution in [2.45, 2.75) is 12.8 Å². The van der Waals surface area contributed by atoms with Gasteiger partial charge < -0.3 is 15.3 Å². The number of hydrogen-bond acceptors (Lipinski definition) is 3. The standard InChI is InChI=1S/C15H14O4/c1-9(10-5-3-2-4-6-10)11-7-12(15(18)19)14(17)8-13(11)16/h2-9,16-17H,1H3,(H,18,19). The summed E-state index contributed by atoms with van der Waals surface area (Å²) < 4.78 is 0. The molecule has 0 heterocycles. The number of phenolic OH excluding ortho intramolecular Hbond substituents is 1. The molecule has 2 aromatic rings. The van der Waals surface area contributed by atoms with Crippen LogP contribution in [0.2, 0.25) is 0 Å². The molecule has 0 spiro atoms. The van der Waals surface area contributed by atoms with E-state index in [1.165, 1.54) is 6.07 Å². The molecule has 1 unspecified atom stereocenters. The van der Waals surface area contributed by atoms with E-state index in [2.05, 4.69) is 0 Å². The van der Waals surface area contributed by atoms with Gasteiger partial charge in [-0.05, 0) is 11.6 Å². The van der Waals surface area contributed by atoms with Crippen molar-refractivity contribution >= 4 is 5.97 Å². The van der Waals surface area contributed by atoms with Crippen LogP contribution in [0.15, 0.2) is 42.5 Å². The van der Waals surface area contributed by atoms with Gasteiger partial charge in [0.25, 0.3) is 0 Å². The first-order chi connectivity index (χ1) is 9.00. The Morgan fingerprint density at radius 3 is 2.26 bits per heavy atom. The highest BCUT2D eigenvalue weighted by molar-refractivity contribution is 5.91. The molecular weight excluding hydrogens is 244 g/mol. The van der Waals surface area contributed by atoms with Crippen molar-refractivity contribution in [1.82, 2.24) is 0 Å². The summed E-state index contributed by atoms with van der Waals surface area (Å²) in [6.07, 6.45) is 0. The number of carbonyl (C=O) groups is 1. The predicted molar refractivity (Wildman–Crippen MR) is 70.7 cm³/mol. The molecule has 0 saturated carbocycles. The Labute approximate surface area is 110 Å². The first-order valence-corrected chi connectivity index (χ1v) is 5.85. The highest BCUT2D eigenvalue weighted by Crippen LogP contribution is 2.35. The lowest BCUT2D eigenvalue weighted by atomic mass is 9.91. The van der Waals surface area contributed by atoms with Crippen LogP contribution in [0.4, 0.5) is 0 Å². The Hall–Kier alpha value is -2.49. The first-order valence-electron chi connectivity index (χ1n) is 5.85. The average molecular weight is 258 g/mol. The Kier molecular flexibility index (Phi) is 3.42. The molecule has 98 valence electrons. The second kappa shape index (κ2) is 5.02. The fraction of sp³-hybridized carbons (Fsp3) is 0.133. The predicted octanol–water partition coefficient (Wildman–Crippen LogP) is 2.95. The van der Waals surface area contributed by atoms with E-state index in [1.807, 2.05) is 37.3 Å². The van der Waals surface area contributed by atoms with Crippen LogP contribution >= 0.6 is 0 Å². The summed E-state index contributed by atoms with van der Waals surface area (Å²) >= 11 is 0. The van der Waals surface area contributed by atoms with Crippen molar-refractivity contribution in [1.29, 1.82) is 0 Å². The zero-order valence-corrected chi connectivity index (χ0v) is 10.4. The molecule has 19 heavy (non-hydrogen) atoms. The lowest BCUT2D eigenvalue weighted by Crippen LogP contribution is -2.02. The average Bonchev–Trinajstić information content (AvgIpc) is 2.38. The lowest BCUT2D eigenvalue weighted by molar-refractivity contribution is 0.0693. The molecule has 0 aliphatic rings. The van der Waals surface area contributed by atoms with Gasteiger partial charge in [-0.15, -0.1) is 0 Å². The minimum atomic E-state index is -1.22. The minimum Gasteiger partial charge on any atom is -0.508 e. The third kappa shape index (κ3) is 2.52. The normalized spacial score (nSPS) is 12.1. The van der Waals surface area contributed by atoms with Crippen LogP contribution in [0.3, 0.4) is 0 Å². The van der Waals surface area contributed by atoms with Crippen molar-refractivity contribution in [2.75, 3.05) is 0 Å². The van der Waals surface area contributed by atoms with Gasteiger partial charge in [0, 0.05) is 17.5 Å². The highest BCUT2D eigenvalue weighted by atomic mass is 16.4. The number of phenols is 2. The molecule has 2 rings (SSSR count). The van der Waals surface area contributed by atoms with E-state index in [1.54, 1.807) is 0 Å². The summed E-state index contributed by atoms with van der Waals surface area (Å²) in [5.41, 5.74) is 1.22.